The fourth-order valence-electron chi connectivity index (χ4n) is 1.76. The molecule has 0 aliphatic carbocycles. The molecule has 0 bridgehead atoms. The molecule has 0 saturated heterocycles. The Labute approximate surface area is 137 Å². The molecule has 1 atom stereocenters. The maximum atomic E-state index is 11.9. The summed E-state index contributed by atoms with van der Waals surface area (Å²) in [6.45, 7) is 1.92. The molecule has 0 fully saturated rings. The molecule has 0 radical (unpaired) electrons. The summed E-state index contributed by atoms with van der Waals surface area (Å²) < 4.78 is 31.0. The molecule has 0 aromatic heterocycles. The summed E-state index contributed by atoms with van der Waals surface area (Å²) in [6.07, 6.45) is -0.259. The Morgan fingerprint density at radius 2 is 2.05 bits per heavy atom. The van der Waals surface area contributed by atoms with E-state index in [1.54, 1.807) is 19.1 Å². The van der Waals surface area contributed by atoms with Gasteiger partial charge in [0.25, 0.3) is 0 Å². The number of hydrogen-bond donors (Lipinski definition) is 3. The summed E-state index contributed by atoms with van der Waals surface area (Å²) in [6, 6.07) is 4.70. The molecule has 0 aliphatic rings. The number of halogens is 1. The van der Waals surface area contributed by atoms with E-state index < -0.39 is 10.0 Å². The van der Waals surface area contributed by atoms with Crippen LogP contribution in [-0.4, -0.2) is 41.1 Å². The van der Waals surface area contributed by atoms with Gasteiger partial charge in [0.2, 0.25) is 15.9 Å². The van der Waals surface area contributed by atoms with Crippen LogP contribution in [0, 0.1) is 6.92 Å². The highest BCUT2D eigenvalue weighted by Gasteiger charge is 2.16. The van der Waals surface area contributed by atoms with Crippen molar-refractivity contribution in [3.05, 3.63) is 23.8 Å². The largest absolute Gasteiger partial charge is 0.380 e. The lowest BCUT2D eigenvalue weighted by Gasteiger charge is -2.14. The van der Waals surface area contributed by atoms with Gasteiger partial charge in [0.1, 0.15) is 0 Å². The third-order valence-corrected chi connectivity index (χ3v) is 4.60. The van der Waals surface area contributed by atoms with Gasteiger partial charge in [-0.3, -0.25) is 4.79 Å². The van der Waals surface area contributed by atoms with E-state index in [1.165, 1.54) is 20.2 Å². The first-order valence-corrected chi connectivity index (χ1v) is 7.89. The van der Waals surface area contributed by atoms with Crippen LogP contribution in [0.3, 0.4) is 0 Å². The van der Waals surface area contributed by atoms with Crippen molar-refractivity contribution in [2.45, 2.75) is 24.3 Å². The maximum absolute atomic E-state index is 11.9. The number of hydrogen-bond acceptors (Lipinski definition) is 5. The summed E-state index contributed by atoms with van der Waals surface area (Å²) in [5.74, 6) is -0.288. The Kier molecular flexibility index (Phi) is 8.57. The van der Waals surface area contributed by atoms with E-state index in [0.717, 1.165) is 0 Å². The second-order valence-corrected chi connectivity index (χ2v) is 6.39. The first kappa shape index (κ1) is 20.8. The van der Waals surface area contributed by atoms with Crippen LogP contribution in [0.4, 0.5) is 5.69 Å². The predicted octanol–water partition coefficient (Wildman–Crippen LogP) is 0.627. The van der Waals surface area contributed by atoms with Crippen LogP contribution in [0.5, 0.6) is 0 Å². The summed E-state index contributed by atoms with van der Waals surface area (Å²) in [5, 5.41) is 2.64. The molecule has 0 aliphatic heterocycles. The Morgan fingerprint density at radius 1 is 1.41 bits per heavy atom. The molecule has 9 heteroatoms. The van der Waals surface area contributed by atoms with Gasteiger partial charge in [0.05, 0.1) is 17.4 Å². The van der Waals surface area contributed by atoms with Gasteiger partial charge in [0.15, 0.2) is 0 Å². The van der Waals surface area contributed by atoms with Gasteiger partial charge < -0.3 is 15.8 Å². The number of rotatable bonds is 7. The fourth-order valence-corrected chi connectivity index (χ4v) is 2.75. The third kappa shape index (κ3) is 5.54. The number of carbonyl (C=O) groups is 1. The van der Waals surface area contributed by atoms with Crippen LogP contribution < -0.4 is 15.8 Å². The van der Waals surface area contributed by atoms with Gasteiger partial charge in [-0.1, -0.05) is 6.07 Å². The molecule has 4 N–H and O–H groups in total. The Bertz CT molecular complexity index is 603. The summed E-state index contributed by atoms with van der Waals surface area (Å²) in [5.41, 5.74) is 6.46. The highest BCUT2D eigenvalue weighted by molar-refractivity contribution is 7.89. The minimum atomic E-state index is -3.57. The molecular formula is C13H22ClN3O4S. The van der Waals surface area contributed by atoms with Gasteiger partial charge in [0, 0.05) is 19.3 Å². The van der Waals surface area contributed by atoms with Crippen LogP contribution in [0.15, 0.2) is 23.1 Å². The zero-order chi connectivity index (χ0) is 16.0. The second kappa shape index (κ2) is 9.06. The van der Waals surface area contributed by atoms with Gasteiger partial charge >= 0.3 is 0 Å². The monoisotopic (exact) mass is 351 g/mol. The number of carbonyl (C=O) groups excluding carboxylic acids is 1. The standard InChI is InChI=1S/C13H21N3O4S.ClH/c1-9-4-5-10(6-12(9)21(18,19)15-2)16-13(17)7-11(8-14)20-3;/h4-6,11,15H,7-8,14H2,1-3H3,(H,16,17);1H. The number of aryl methyl sites for hydroxylation is 1. The van der Waals surface area contributed by atoms with E-state index in [1.807, 2.05) is 0 Å². The topological polar surface area (TPSA) is 111 Å². The number of anilines is 1. The van der Waals surface area contributed by atoms with Crippen LogP contribution in [0.25, 0.3) is 0 Å². The SMILES string of the molecule is CNS(=O)(=O)c1cc(NC(=O)CC(CN)OC)ccc1C.Cl. The van der Waals surface area contributed by atoms with Crippen molar-refractivity contribution in [2.75, 3.05) is 26.0 Å². The predicted molar refractivity (Wildman–Crippen MR) is 87.8 cm³/mol. The number of nitrogens with two attached hydrogens (primary N) is 1. The van der Waals surface area contributed by atoms with Crippen molar-refractivity contribution in [3.8, 4) is 0 Å². The lowest BCUT2D eigenvalue weighted by Crippen LogP contribution is -2.28. The van der Waals surface area contributed by atoms with Crippen molar-refractivity contribution < 1.29 is 17.9 Å². The molecule has 0 spiro atoms. The number of benzene rings is 1. The van der Waals surface area contributed by atoms with Crippen molar-refractivity contribution in [3.63, 3.8) is 0 Å². The molecule has 126 valence electrons. The maximum Gasteiger partial charge on any atom is 0.240 e. The molecule has 1 aromatic rings. The fraction of sp³-hybridized carbons (Fsp3) is 0.462. The summed E-state index contributed by atoms with van der Waals surface area (Å²) >= 11 is 0. The molecule has 22 heavy (non-hydrogen) atoms. The molecular weight excluding hydrogens is 330 g/mol. The molecule has 0 saturated carbocycles. The first-order chi connectivity index (χ1) is 9.83. The zero-order valence-electron chi connectivity index (χ0n) is 12.8. The lowest BCUT2D eigenvalue weighted by molar-refractivity contribution is -0.118. The van der Waals surface area contributed by atoms with Crippen molar-refractivity contribution in [1.82, 2.24) is 4.72 Å². The van der Waals surface area contributed by atoms with E-state index >= 15 is 0 Å². The second-order valence-electron chi connectivity index (χ2n) is 4.53. The first-order valence-electron chi connectivity index (χ1n) is 6.41. The lowest BCUT2D eigenvalue weighted by atomic mass is 10.2. The van der Waals surface area contributed by atoms with Gasteiger partial charge in [-0.05, 0) is 31.7 Å². The third-order valence-electron chi connectivity index (χ3n) is 3.04. The van der Waals surface area contributed by atoms with Gasteiger partial charge in [-0.15, -0.1) is 12.4 Å². The van der Waals surface area contributed by atoms with E-state index in [9.17, 15) is 13.2 Å². The average Bonchev–Trinajstić information content (AvgIpc) is 2.46. The number of methoxy groups -OCH3 is 1. The molecule has 7 nitrogen and oxygen atoms in total. The van der Waals surface area contributed by atoms with E-state index in [0.29, 0.717) is 11.3 Å². The molecule has 1 unspecified atom stereocenters. The average molecular weight is 352 g/mol. The quantitative estimate of drug-likeness (QED) is 0.667. The van der Waals surface area contributed by atoms with E-state index in [4.69, 9.17) is 10.5 Å². The minimum absolute atomic E-state index is 0. The van der Waals surface area contributed by atoms with E-state index in [2.05, 4.69) is 10.0 Å². The normalized spacial score (nSPS) is 12.4. The Hall–Kier alpha value is -1.19. The zero-order valence-corrected chi connectivity index (χ0v) is 14.4. The minimum Gasteiger partial charge on any atom is -0.380 e. The molecule has 1 amide bonds. The molecule has 1 aromatic carbocycles. The number of ether oxygens (including phenoxy) is 1. The number of amides is 1. The summed E-state index contributed by atoms with van der Waals surface area (Å²) in [4.78, 5) is 12.0. The van der Waals surface area contributed by atoms with Crippen molar-refractivity contribution in [1.29, 1.82) is 0 Å². The highest BCUT2D eigenvalue weighted by atomic mass is 35.5. The van der Waals surface area contributed by atoms with Crippen molar-refractivity contribution in [2.24, 2.45) is 5.73 Å². The van der Waals surface area contributed by atoms with Crippen LogP contribution in [0.1, 0.15) is 12.0 Å². The number of nitrogens with one attached hydrogen (secondary N) is 2. The molecule has 0 heterocycles. The van der Waals surface area contributed by atoms with E-state index in [-0.39, 0.29) is 42.3 Å². The van der Waals surface area contributed by atoms with Crippen LogP contribution in [0.2, 0.25) is 0 Å². The van der Waals surface area contributed by atoms with Crippen molar-refractivity contribution >= 4 is 34.0 Å². The smallest absolute Gasteiger partial charge is 0.240 e. The van der Waals surface area contributed by atoms with Gasteiger partial charge in [-0.2, -0.15) is 0 Å². The van der Waals surface area contributed by atoms with Crippen LogP contribution >= 0.6 is 12.4 Å². The number of sulfonamides is 1. The Balaban J connectivity index is 0.00000441. The van der Waals surface area contributed by atoms with Gasteiger partial charge in [-0.25, -0.2) is 13.1 Å². The summed E-state index contributed by atoms with van der Waals surface area (Å²) in [7, 11) is -0.747. The molecule has 1 rings (SSSR count). The highest BCUT2D eigenvalue weighted by Crippen LogP contribution is 2.20. The Morgan fingerprint density at radius 3 is 2.55 bits per heavy atom. The van der Waals surface area contributed by atoms with Crippen LogP contribution in [-0.2, 0) is 19.6 Å².